The van der Waals surface area contributed by atoms with Crippen molar-refractivity contribution < 1.29 is 4.79 Å². The molecular formula is C15H23N3OS. The van der Waals surface area contributed by atoms with Crippen LogP contribution in [0, 0.1) is 17.2 Å². The molecule has 0 spiro atoms. The molecule has 5 heteroatoms. The number of rotatable bonds is 7. The number of aliphatic imine (C=N–C) groups is 1. The summed E-state index contributed by atoms with van der Waals surface area (Å²) in [7, 11) is 1.70. The van der Waals surface area contributed by atoms with E-state index in [0.717, 1.165) is 11.6 Å². The summed E-state index contributed by atoms with van der Waals surface area (Å²) in [5, 5.41) is 12.6. The van der Waals surface area contributed by atoms with Crippen LogP contribution in [0.15, 0.2) is 29.3 Å². The Bertz CT molecular complexity index is 421. The van der Waals surface area contributed by atoms with Crippen LogP contribution in [-0.2, 0) is 4.79 Å². The molecule has 0 aliphatic carbocycles. The fourth-order valence-electron chi connectivity index (χ4n) is 1.23. The van der Waals surface area contributed by atoms with Crippen LogP contribution in [0.3, 0.4) is 0 Å². The Balaban J connectivity index is 4.10. The molecule has 0 rings (SSSR count). The van der Waals surface area contributed by atoms with Gasteiger partial charge in [0.05, 0.1) is 11.8 Å². The number of nitriles is 1. The molecule has 0 amide bonds. The third kappa shape index (κ3) is 10.4. The lowest BCUT2D eigenvalue weighted by Crippen LogP contribution is -2.29. The molecule has 0 aliphatic heterocycles. The van der Waals surface area contributed by atoms with Gasteiger partial charge in [0.2, 0.25) is 0 Å². The number of carbonyl (C=O) groups is 1. The number of hydrogen-bond acceptors (Lipinski definition) is 4. The summed E-state index contributed by atoms with van der Waals surface area (Å²) in [6.45, 7) is 5.48. The molecule has 0 fully saturated rings. The lowest BCUT2D eigenvalue weighted by atomic mass is 10.1. The van der Waals surface area contributed by atoms with Crippen molar-refractivity contribution in [3.05, 3.63) is 24.3 Å². The van der Waals surface area contributed by atoms with E-state index < -0.39 is 0 Å². The molecule has 0 aromatic heterocycles. The monoisotopic (exact) mass is 293 g/mol. The molecule has 2 atom stereocenters. The van der Waals surface area contributed by atoms with Gasteiger partial charge in [0.1, 0.15) is 5.78 Å². The average molecular weight is 293 g/mol. The van der Waals surface area contributed by atoms with E-state index in [1.54, 1.807) is 14.0 Å². The standard InChI is InChI=1S/C15H23N3OS/c1-12(10-16)8-6-5-7-9-13(2)18-15(17-4)20-11-14(3)19/h5-7,9,12-13H,8,11H2,1-4H3,(H,17,18). The quantitative estimate of drug-likeness (QED) is 0.445. The zero-order valence-corrected chi connectivity index (χ0v) is 13.4. The summed E-state index contributed by atoms with van der Waals surface area (Å²) in [5.74, 6) is 0.620. The number of carbonyl (C=O) groups excluding carboxylic acids is 1. The van der Waals surface area contributed by atoms with E-state index in [2.05, 4.69) is 16.4 Å². The fourth-order valence-corrected chi connectivity index (χ4v) is 1.97. The first-order chi connectivity index (χ1) is 9.49. The molecule has 0 bridgehead atoms. The number of Topliss-reactive ketones (excluding diaryl/α,β-unsaturated/α-hetero) is 1. The molecule has 0 radical (unpaired) electrons. The Morgan fingerprint density at radius 2 is 2.15 bits per heavy atom. The first-order valence-electron chi connectivity index (χ1n) is 6.58. The topological polar surface area (TPSA) is 65.2 Å². The van der Waals surface area contributed by atoms with Crippen molar-refractivity contribution >= 4 is 22.7 Å². The van der Waals surface area contributed by atoms with Gasteiger partial charge in [-0.25, -0.2) is 0 Å². The number of allylic oxidation sites excluding steroid dienone is 3. The van der Waals surface area contributed by atoms with Gasteiger partial charge in [-0.3, -0.25) is 9.79 Å². The van der Waals surface area contributed by atoms with Crippen LogP contribution in [0.5, 0.6) is 0 Å². The van der Waals surface area contributed by atoms with Crippen LogP contribution in [0.4, 0.5) is 0 Å². The smallest absolute Gasteiger partial charge is 0.157 e. The van der Waals surface area contributed by atoms with Crippen LogP contribution >= 0.6 is 11.8 Å². The average Bonchev–Trinajstić information content (AvgIpc) is 2.42. The van der Waals surface area contributed by atoms with E-state index >= 15 is 0 Å². The second kappa shape index (κ2) is 11.3. The summed E-state index contributed by atoms with van der Waals surface area (Å²) in [6.07, 6.45) is 8.64. The molecule has 0 aromatic carbocycles. The predicted molar refractivity (Wildman–Crippen MR) is 86.8 cm³/mol. The molecule has 2 unspecified atom stereocenters. The number of nitrogens with zero attached hydrogens (tertiary/aromatic N) is 2. The Kier molecular flexibility index (Phi) is 10.4. The van der Waals surface area contributed by atoms with Crippen LogP contribution < -0.4 is 5.32 Å². The van der Waals surface area contributed by atoms with E-state index in [9.17, 15) is 4.79 Å². The zero-order valence-electron chi connectivity index (χ0n) is 12.6. The van der Waals surface area contributed by atoms with Gasteiger partial charge in [0.25, 0.3) is 0 Å². The number of thioether (sulfide) groups is 1. The number of ketones is 1. The van der Waals surface area contributed by atoms with E-state index in [0.29, 0.717) is 5.75 Å². The SMILES string of the molecule is CN=C(NC(C)C=CC=CCC(C)C#N)SCC(C)=O. The van der Waals surface area contributed by atoms with E-state index in [1.807, 2.05) is 38.2 Å². The molecule has 0 heterocycles. The Labute approximate surface area is 126 Å². The Morgan fingerprint density at radius 1 is 1.45 bits per heavy atom. The second-order valence-electron chi connectivity index (χ2n) is 4.53. The van der Waals surface area contributed by atoms with E-state index in [1.165, 1.54) is 11.8 Å². The van der Waals surface area contributed by atoms with Crippen molar-refractivity contribution in [2.75, 3.05) is 12.8 Å². The normalized spacial score (nSPS) is 15.2. The van der Waals surface area contributed by atoms with Crippen molar-refractivity contribution in [3.63, 3.8) is 0 Å². The van der Waals surface area contributed by atoms with Gasteiger partial charge in [-0.15, -0.1) is 0 Å². The minimum Gasteiger partial charge on any atom is -0.359 e. The van der Waals surface area contributed by atoms with E-state index in [-0.39, 0.29) is 17.7 Å². The van der Waals surface area contributed by atoms with Gasteiger partial charge in [0, 0.05) is 19.0 Å². The molecule has 0 saturated carbocycles. The summed E-state index contributed by atoms with van der Waals surface area (Å²) >= 11 is 1.41. The van der Waals surface area contributed by atoms with Crippen molar-refractivity contribution in [1.82, 2.24) is 5.32 Å². The minimum atomic E-state index is 0.0528. The van der Waals surface area contributed by atoms with Crippen LogP contribution in [-0.4, -0.2) is 29.8 Å². The van der Waals surface area contributed by atoms with Crippen LogP contribution in [0.1, 0.15) is 27.2 Å². The van der Waals surface area contributed by atoms with Crippen molar-refractivity contribution in [3.8, 4) is 6.07 Å². The van der Waals surface area contributed by atoms with Crippen molar-refractivity contribution in [2.24, 2.45) is 10.9 Å². The highest BCUT2D eigenvalue weighted by Crippen LogP contribution is 2.03. The van der Waals surface area contributed by atoms with Gasteiger partial charge in [0.15, 0.2) is 5.17 Å². The molecular weight excluding hydrogens is 270 g/mol. The van der Waals surface area contributed by atoms with Gasteiger partial charge in [-0.2, -0.15) is 5.26 Å². The van der Waals surface area contributed by atoms with Crippen LogP contribution in [0.25, 0.3) is 0 Å². The first kappa shape index (κ1) is 18.5. The molecule has 1 N–H and O–H groups in total. The van der Waals surface area contributed by atoms with Gasteiger partial charge < -0.3 is 5.32 Å². The molecule has 0 aliphatic rings. The highest BCUT2D eigenvalue weighted by molar-refractivity contribution is 8.14. The molecule has 0 aromatic rings. The number of nitrogens with one attached hydrogen (secondary N) is 1. The largest absolute Gasteiger partial charge is 0.359 e. The Morgan fingerprint density at radius 3 is 2.70 bits per heavy atom. The molecule has 110 valence electrons. The fraction of sp³-hybridized carbons (Fsp3) is 0.533. The summed E-state index contributed by atoms with van der Waals surface area (Å²) < 4.78 is 0. The number of amidine groups is 1. The molecule has 0 saturated heterocycles. The Hall–Kier alpha value is -1.54. The maximum Gasteiger partial charge on any atom is 0.157 e. The summed E-state index contributed by atoms with van der Waals surface area (Å²) in [5.41, 5.74) is 0. The second-order valence-corrected chi connectivity index (χ2v) is 5.50. The van der Waals surface area contributed by atoms with Crippen molar-refractivity contribution in [1.29, 1.82) is 5.26 Å². The third-order valence-electron chi connectivity index (χ3n) is 2.32. The first-order valence-corrected chi connectivity index (χ1v) is 7.56. The van der Waals surface area contributed by atoms with Gasteiger partial charge >= 0.3 is 0 Å². The molecule has 20 heavy (non-hydrogen) atoms. The number of hydrogen-bond donors (Lipinski definition) is 1. The minimum absolute atomic E-state index is 0.0528. The zero-order chi connectivity index (χ0) is 15.4. The van der Waals surface area contributed by atoms with Crippen LogP contribution in [0.2, 0.25) is 0 Å². The highest BCUT2D eigenvalue weighted by atomic mass is 32.2. The summed E-state index contributed by atoms with van der Waals surface area (Å²) in [6, 6.07) is 2.32. The highest BCUT2D eigenvalue weighted by Gasteiger charge is 2.04. The third-order valence-corrected chi connectivity index (χ3v) is 3.45. The maximum atomic E-state index is 10.9. The summed E-state index contributed by atoms with van der Waals surface area (Å²) in [4.78, 5) is 15.0. The van der Waals surface area contributed by atoms with Crippen molar-refractivity contribution in [2.45, 2.75) is 33.2 Å². The van der Waals surface area contributed by atoms with Gasteiger partial charge in [-0.1, -0.05) is 36.1 Å². The molecule has 4 nitrogen and oxygen atoms in total. The predicted octanol–water partition coefficient (Wildman–Crippen LogP) is 2.93. The van der Waals surface area contributed by atoms with E-state index in [4.69, 9.17) is 5.26 Å². The lowest BCUT2D eigenvalue weighted by molar-refractivity contribution is -0.114. The lowest BCUT2D eigenvalue weighted by Gasteiger charge is -2.12. The van der Waals surface area contributed by atoms with Gasteiger partial charge in [-0.05, 0) is 27.2 Å². The maximum absolute atomic E-state index is 10.9.